The predicted octanol–water partition coefficient (Wildman–Crippen LogP) is 6.76. The zero-order valence-corrected chi connectivity index (χ0v) is 16.5. The van der Waals surface area contributed by atoms with Gasteiger partial charge in [-0.2, -0.15) is 0 Å². The topological polar surface area (TPSA) is 17.1 Å². The van der Waals surface area contributed by atoms with Gasteiger partial charge in [0.1, 0.15) is 0 Å². The molecule has 1 aliphatic heterocycles. The highest BCUT2D eigenvalue weighted by Crippen LogP contribution is 2.56. The summed E-state index contributed by atoms with van der Waals surface area (Å²) in [5.41, 5.74) is 1.59. The molecule has 1 saturated carbocycles. The van der Waals surface area contributed by atoms with Crippen LogP contribution in [0.4, 0.5) is 0 Å². The van der Waals surface area contributed by atoms with Gasteiger partial charge in [0, 0.05) is 21.6 Å². The third-order valence-corrected chi connectivity index (χ3v) is 8.29. The number of carbonyl (C=O) groups excluding carboxylic acids is 1. The Morgan fingerprint density at radius 1 is 1.25 bits per heavy atom. The molecule has 2 aliphatic rings. The minimum Gasteiger partial charge on any atom is -0.294 e. The van der Waals surface area contributed by atoms with Crippen molar-refractivity contribution in [2.24, 2.45) is 16.7 Å². The smallest absolute Gasteiger partial charge is 0.168 e. The maximum atomic E-state index is 13.4. The normalized spacial score (nSPS) is 29.9. The fourth-order valence-corrected chi connectivity index (χ4v) is 6.28. The second-order valence-electron chi connectivity index (χ2n) is 8.62. The van der Waals surface area contributed by atoms with E-state index in [9.17, 15) is 4.79 Å². The lowest BCUT2D eigenvalue weighted by molar-refractivity contribution is 0.0469. The van der Waals surface area contributed by atoms with E-state index in [1.165, 1.54) is 43.4 Å². The van der Waals surface area contributed by atoms with Crippen LogP contribution in [0.5, 0.6) is 0 Å². The average Bonchev–Trinajstić information content (AvgIpc) is 2.60. The van der Waals surface area contributed by atoms with Crippen LogP contribution in [0, 0.1) is 16.7 Å². The van der Waals surface area contributed by atoms with Gasteiger partial charge in [-0.05, 0) is 49.0 Å². The van der Waals surface area contributed by atoms with Crippen LogP contribution in [0.25, 0.3) is 0 Å². The molecule has 1 fully saturated rings. The number of thioether (sulfide) groups is 1. The monoisotopic (exact) mass is 344 g/mol. The van der Waals surface area contributed by atoms with Crippen molar-refractivity contribution in [3.8, 4) is 0 Å². The number of hydrogen-bond acceptors (Lipinski definition) is 2. The van der Waals surface area contributed by atoms with Crippen molar-refractivity contribution in [3.63, 3.8) is 0 Å². The van der Waals surface area contributed by atoms with Gasteiger partial charge in [-0.25, -0.2) is 0 Å². The zero-order chi connectivity index (χ0) is 17.4. The van der Waals surface area contributed by atoms with Crippen LogP contribution in [0.2, 0.25) is 0 Å². The van der Waals surface area contributed by atoms with Crippen molar-refractivity contribution in [2.45, 2.75) is 82.8 Å². The van der Waals surface area contributed by atoms with Gasteiger partial charge in [-0.3, -0.25) is 4.79 Å². The first-order valence-electron chi connectivity index (χ1n) is 9.72. The number of fused-ring (bicyclic) bond motifs is 2. The van der Waals surface area contributed by atoms with E-state index in [0.29, 0.717) is 16.4 Å². The number of ketones is 1. The van der Waals surface area contributed by atoms with Crippen molar-refractivity contribution in [1.82, 2.24) is 0 Å². The maximum absolute atomic E-state index is 13.4. The lowest BCUT2D eigenvalue weighted by atomic mass is 9.58. The lowest BCUT2D eigenvalue weighted by Gasteiger charge is -2.50. The molecule has 0 aromatic heterocycles. The molecular formula is C22H32OS. The molecule has 0 spiro atoms. The van der Waals surface area contributed by atoms with E-state index in [1.54, 1.807) is 0 Å². The molecule has 0 N–H and O–H groups in total. The Morgan fingerprint density at radius 3 is 2.71 bits per heavy atom. The summed E-state index contributed by atoms with van der Waals surface area (Å²) in [6.45, 7) is 9.37. The van der Waals surface area contributed by atoms with Crippen molar-refractivity contribution >= 4 is 17.5 Å². The van der Waals surface area contributed by atoms with E-state index < -0.39 is 0 Å². The minimum absolute atomic E-state index is 0.215. The second kappa shape index (κ2) is 6.86. The van der Waals surface area contributed by atoms with Gasteiger partial charge in [0.05, 0.1) is 0 Å². The molecule has 3 atom stereocenters. The first kappa shape index (κ1) is 18.0. The lowest BCUT2D eigenvalue weighted by Crippen LogP contribution is -2.47. The van der Waals surface area contributed by atoms with Crippen molar-refractivity contribution in [3.05, 3.63) is 29.8 Å². The quantitative estimate of drug-likeness (QED) is 0.587. The maximum Gasteiger partial charge on any atom is 0.168 e. The highest BCUT2D eigenvalue weighted by Gasteiger charge is 2.51. The Bertz CT molecular complexity index is 606. The van der Waals surface area contributed by atoms with Crippen molar-refractivity contribution < 1.29 is 4.79 Å². The van der Waals surface area contributed by atoms with E-state index in [1.807, 2.05) is 23.9 Å². The SMILES string of the molecule is CCC(C)(C)CCC1(CC)CCCC2Sc3ccccc3C(=O)C21. The molecule has 3 rings (SSSR count). The van der Waals surface area contributed by atoms with Crippen molar-refractivity contribution in [2.75, 3.05) is 0 Å². The largest absolute Gasteiger partial charge is 0.294 e. The summed E-state index contributed by atoms with van der Waals surface area (Å²) in [4.78, 5) is 14.6. The molecule has 3 unspecified atom stereocenters. The number of benzene rings is 1. The summed E-state index contributed by atoms with van der Waals surface area (Å²) < 4.78 is 0. The van der Waals surface area contributed by atoms with Gasteiger partial charge in [-0.15, -0.1) is 11.8 Å². The van der Waals surface area contributed by atoms with E-state index in [4.69, 9.17) is 0 Å². The first-order chi connectivity index (χ1) is 11.4. The molecule has 1 heterocycles. The number of Topliss-reactive ketones (excluding diaryl/α,β-unsaturated/α-hetero) is 1. The summed E-state index contributed by atoms with van der Waals surface area (Å²) in [5, 5.41) is 0.492. The molecule has 2 heteroatoms. The third-order valence-electron chi connectivity index (χ3n) is 6.87. The predicted molar refractivity (Wildman–Crippen MR) is 104 cm³/mol. The molecule has 132 valence electrons. The van der Waals surface area contributed by atoms with Gasteiger partial charge in [0.2, 0.25) is 0 Å². The second-order valence-corrected chi connectivity index (χ2v) is 9.90. The molecule has 24 heavy (non-hydrogen) atoms. The van der Waals surface area contributed by atoms with Crippen LogP contribution in [0.15, 0.2) is 29.2 Å². The number of rotatable bonds is 5. The van der Waals surface area contributed by atoms with E-state index in [2.05, 4.69) is 39.8 Å². The van der Waals surface area contributed by atoms with Crippen LogP contribution in [-0.4, -0.2) is 11.0 Å². The molecule has 0 amide bonds. The number of hydrogen-bond donors (Lipinski definition) is 0. The van der Waals surface area contributed by atoms with E-state index in [0.717, 1.165) is 12.0 Å². The zero-order valence-electron chi connectivity index (χ0n) is 15.7. The van der Waals surface area contributed by atoms with Crippen LogP contribution >= 0.6 is 11.8 Å². The van der Waals surface area contributed by atoms with Gasteiger partial charge in [0.25, 0.3) is 0 Å². The molecule has 0 saturated heterocycles. The van der Waals surface area contributed by atoms with E-state index in [-0.39, 0.29) is 11.3 Å². The van der Waals surface area contributed by atoms with Crippen LogP contribution in [-0.2, 0) is 0 Å². The Balaban J connectivity index is 1.92. The summed E-state index contributed by atoms with van der Waals surface area (Å²) in [6.07, 6.45) is 8.52. The standard InChI is InChI=1S/C22H32OS/c1-5-21(3,4)14-15-22(6-2)13-9-12-18-19(22)20(23)16-10-7-8-11-17(16)24-18/h7-8,10-11,18-19H,5-6,9,12-15H2,1-4H3. The van der Waals surface area contributed by atoms with Crippen LogP contribution in [0.1, 0.15) is 83.0 Å². The average molecular weight is 345 g/mol. The van der Waals surface area contributed by atoms with Gasteiger partial charge >= 0.3 is 0 Å². The van der Waals surface area contributed by atoms with E-state index >= 15 is 0 Å². The summed E-state index contributed by atoms with van der Waals surface area (Å²) >= 11 is 1.98. The fourth-order valence-electron chi connectivity index (χ4n) is 4.67. The van der Waals surface area contributed by atoms with Gasteiger partial charge < -0.3 is 0 Å². The summed E-state index contributed by atoms with van der Waals surface area (Å²) in [5.74, 6) is 0.661. The highest BCUT2D eigenvalue weighted by molar-refractivity contribution is 8.00. The van der Waals surface area contributed by atoms with Gasteiger partial charge in [0.15, 0.2) is 5.78 Å². The van der Waals surface area contributed by atoms with Crippen LogP contribution in [0.3, 0.4) is 0 Å². The Morgan fingerprint density at radius 2 is 2.00 bits per heavy atom. The molecule has 0 bridgehead atoms. The molecular weight excluding hydrogens is 312 g/mol. The summed E-state index contributed by atoms with van der Waals surface area (Å²) in [7, 11) is 0. The Labute approximate surface area is 152 Å². The minimum atomic E-state index is 0.215. The fraction of sp³-hybridized carbons (Fsp3) is 0.682. The Kier molecular flexibility index (Phi) is 5.16. The highest BCUT2D eigenvalue weighted by atomic mass is 32.2. The number of carbonyl (C=O) groups is 1. The molecule has 0 radical (unpaired) electrons. The molecule has 1 aliphatic carbocycles. The first-order valence-corrected chi connectivity index (χ1v) is 10.6. The molecule has 1 aromatic rings. The molecule has 1 aromatic carbocycles. The van der Waals surface area contributed by atoms with Crippen LogP contribution < -0.4 is 0 Å². The third kappa shape index (κ3) is 3.19. The molecule has 1 nitrogen and oxygen atoms in total. The van der Waals surface area contributed by atoms with Crippen molar-refractivity contribution in [1.29, 1.82) is 0 Å². The van der Waals surface area contributed by atoms with Gasteiger partial charge in [-0.1, -0.05) is 58.7 Å². The summed E-state index contributed by atoms with van der Waals surface area (Å²) in [6, 6.07) is 8.27. The Hall–Kier alpha value is -0.760.